The van der Waals surface area contributed by atoms with Gasteiger partial charge >= 0.3 is 0 Å². The number of rotatable bonds is 4. The first-order chi connectivity index (χ1) is 12.4. The van der Waals surface area contributed by atoms with Crippen LogP contribution in [0, 0.1) is 12.3 Å². The summed E-state index contributed by atoms with van der Waals surface area (Å²) in [6, 6.07) is 15.4. The quantitative estimate of drug-likeness (QED) is 0.802. The molecule has 0 aromatic heterocycles. The van der Waals surface area contributed by atoms with Crippen LogP contribution >= 0.6 is 0 Å². The zero-order valence-corrected chi connectivity index (χ0v) is 17.5. The minimum atomic E-state index is -0.527. The van der Waals surface area contributed by atoms with Crippen LogP contribution in [0.15, 0.2) is 48.5 Å². The standard InChI is InChI=1S/C24H31NO2/c1-16-12-8-9-13-17(16)20(21(26)23(2,3)4)18-14-10-11-15-19(18)22(27)25-24(5,6)7/h8-15,20H,1-7H3,(H,25,27). The van der Waals surface area contributed by atoms with Gasteiger partial charge in [-0.05, 0) is 50.5 Å². The maximum Gasteiger partial charge on any atom is 0.251 e. The van der Waals surface area contributed by atoms with Gasteiger partial charge < -0.3 is 5.32 Å². The van der Waals surface area contributed by atoms with Gasteiger partial charge in [0.15, 0.2) is 0 Å². The van der Waals surface area contributed by atoms with Gasteiger partial charge in [0.05, 0.1) is 5.92 Å². The number of Topliss-reactive ketones (excluding diaryl/α,β-unsaturated/α-hetero) is 1. The van der Waals surface area contributed by atoms with Crippen molar-refractivity contribution in [2.75, 3.05) is 0 Å². The van der Waals surface area contributed by atoms with Crippen molar-refractivity contribution in [1.29, 1.82) is 0 Å². The number of hydrogen-bond donors (Lipinski definition) is 1. The number of carbonyl (C=O) groups excluding carboxylic acids is 2. The van der Waals surface area contributed by atoms with E-state index >= 15 is 0 Å². The van der Waals surface area contributed by atoms with E-state index in [0.29, 0.717) is 5.56 Å². The highest BCUT2D eigenvalue weighted by Crippen LogP contribution is 2.36. The van der Waals surface area contributed by atoms with E-state index in [1.54, 1.807) is 6.07 Å². The maximum atomic E-state index is 13.4. The molecule has 0 saturated heterocycles. The Kier molecular flexibility index (Phi) is 5.94. The van der Waals surface area contributed by atoms with Crippen LogP contribution in [0.5, 0.6) is 0 Å². The first-order valence-corrected chi connectivity index (χ1v) is 9.43. The predicted octanol–water partition coefficient (Wildman–Crippen LogP) is 5.27. The fourth-order valence-corrected chi connectivity index (χ4v) is 3.16. The second-order valence-corrected chi connectivity index (χ2v) is 9.20. The summed E-state index contributed by atoms with van der Waals surface area (Å²) in [6.07, 6.45) is 0. The van der Waals surface area contributed by atoms with Gasteiger partial charge in [-0.1, -0.05) is 63.2 Å². The molecule has 2 rings (SSSR count). The van der Waals surface area contributed by atoms with Gasteiger partial charge in [-0.2, -0.15) is 0 Å². The molecule has 0 spiro atoms. The highest BCUT2D eigenvalue weighted by atomic mass is 16.2. The lowest BCUT2D eigenvalue weighted by atomic mass is 9.74. The molecule has 0 saturated carbocycles. The van der Waals surface area contributed by atoms with Gasteiger partial charge in [0.2, 0.25) is 0 Å². The summed E-state index contributed by atoms with van der Waals surface area (Å²) in [5.41, 5.74) is 2.43. The van der Waals surface area contributed by atoms with Gasteiger partial charge in [-0.15, -0.1) is 0 Å². The Morgan fingerprint density at radius 1 is 0.815 bits per heavy atom. The second-order valence-electron chi connectivity index (χ2n) is 9.20. The van der Waals surface area contributed by atoms with Crippen LogP contribution in [0.1, 0.15) is 74.5 Å². The van der Waals surface area contributed by atoms with Crippen molar-refractivity contribution in [2.24, 2.45) is 5.41 Å². The second kappa shape index (κ2) is 7.67. The number of amides is 1. The largest absolute Gasteiger partial charge is 0.347 e. The molecule has 3 nitrogen and oxygen atoms in total. The molecular weight excluding hydrogens is 334 g/mol. The minimum Gasteiger partial charge on any atom is -0.347 e. The molecular formula is C24H31NO2. The minimum absolute atomic E-state index is 0.104. The fourth-order valence-electron chi connectivity index (χ4n) is 3.16. The van der Waals surface area contributed by atoms with E-state index in [1.807, 2.05) is 90.9 Å². The van der Waals surface area contributed by atoms with Gasteiger partial charge in [0, 0.05) is 16.5 Å². The molecule has 144 valence electrons. The topological polar surface area (TPSA) is 46.2 Å². The first kappa shape index (κ1) is 20.9. The molecule has 0 aliphatic rings. The van der Waals surface area contributed by atoms with Gasteiger partial charge in [-0.3, -0.25) is 9.59 Å². The van der Waals surface area contributed by atoms with E-state index < -0.39 is 11.3 Å². The van der Waals surface area contributed by atoms with Crippen LogP contribution in [0.3, 0.4) is 0 Å². The van der Waals surface area contributed by atoms with E-state index in [4.69, 9.17) is 0 Å². The molecule has 27 heavy (non-hydrogen) atoms. The Bertz CT molecular complexity index is 838. The van der Waals surface area contributed by atoms with E-state index in [-0.39, 0.29) is 17.2 Å². The van der Waals surface area contributed by atoms with Crippen LogP contribution in [0.4, 0.5) is 0 Å². The third-order valence-corrected chi connectivity index (χ3v) is 4.51. The Hall–Kier alpha value is -2.42. The maximum absolute atomic E-state index is 13.4. The molecule has 1 unspecified atom stereocenters. The van der Waals surface area contributed by atoms with Gasteiger partial charge in [0.1, 0.15) is 5.78 Å². The molecule has 0 aliphatic heterocycles. The first-order valence-electron chi connectivity index (χ1n) is 9.43. The third kappa shape index (κ3) is 5.06. The number of aryl methyl sites for hydroxylation is 1. The molecule has 1 amide bonds. The summed E-state index contributed by atoms with van der Waals surface area (Å²) < 4.78 is 0. The van der Waals surface area contributed by atoms with Gasteiger partial charge in [0.25, 0.3) is 5.91 Å². The summed E-state index contributed by atoms with van der Waals surface area (Å²) >= 11 is 0. The SMILES string of the molecule is Cc1ccccc1C(C(=O)C(C)(C)C)c1ccccc1C(=O)NC(C)(C)C. The van der Waals surface area contributed by atoms with Crippen molar-refractivity contribution < 1.29 is 9.59 Å². The van der Waals surface area contributed by atoms with Crippen molar-refractivity contribution in [3.05, 3.63) is 70.8 Å². The highest BCUT2D eigenvalue weighted by Gasteiger charge is 2.35. The number of benzene rings is 2. The van der Waals surface area contributed by atoms with E-state index in [2.05, 4.69) is 5.32 Å². The Morgan fingerprint density at radius 2 is 1.33 bits per heavy atom. The molecule has 0 bridgehead atoms. The molecule has 0 radical (unpaired) electrons. The van der Waals surface area contributed by atoms with Crippen molar-refractivity contribution in [3.8, 4) is 0 Å². The number of carbonyl (C=O) groups is 2. The molecule has 0 aliphatic carbocycles. The fraction of sp³-hybridized carbons (Fsp3) is 0.417. The average molecular weight is 366 g/mol. The summed E-state index contributed by atoms with van der Waals surface area (Å²) in [5, 5.41) is 3.02. The molecule has 2 aromatic rings. The lowest BCUT2D eigenvalue weighted by Gasteiger charge is -2.28. The average Bonchev–Trinajstić information content (AvgIpc) is 2.54. The normalized spacial score (nSPS) is 13.1. The predicted molar refractivity (Wildman–Crippen MR) is 111 cm³/mol. The van der Waals surface area contributed by atoms with E-state index in [0.717, 1.165) is 16.7 Å². The lowest BCUT2D eigenvalue weighted by Crippen LogP contribution is -2.41. The zero-order valence-electron chi connectivity index (χ0n) is 17.5. The Morgan fingerprint density at radius 3 is 1.85 bits per heavy atom. The molecule has 1 atom stereocenters. The van der Waals surface area contributed by atoms with Crippen molar-refractivity contribution >= 4 is 11.7 Å². The van der Waals surface area contributed by atoms with E-state index in [9.17, 15) is 9.59 Å². The zero-order chi connectivity index (χ0) is 20.4. The highest BCUT2D eigenvalue weighted by molar-refractivity contribution is 6.00. The Labute approximate surface area is 163 Å². The third-order valence-electron chi connectivity index (χ3n) is 4.51. The number of ketones is 1. The van der Waals surface area contributed by atoms with Crippen LogP contribution < -0.4 is 5.32 Å². The summed E-state index contributed by atoms with van der Waals surface area (Å²) in [5.74, 6) is -0.528. The molecule has 1 N–H and O–H groups in total. The van der Waals surface area contributed by atoms with E-state index in [1.165, 1.54) is 0 Å². The summed E-state index contributed by atoms with van der Waals surface area (Å²) in [7, 11) is 0. The van der Waals surface area contributed by atoms with Crippen LogP contribution in [0.25, 0.3) is 0 Å². The van der Waals surface area contributed by atoms with Crippen LogP contribution in [-0.4, -0.2) is 17.2 Å². The summed E-state index contributed by atoms with van der Waals surface area (Å²) in [4.78, 5) is 26.4. The van der Waals surface area contributed by atoms with Crippen LogP contribution in [0.2, 0.25) is 0 Å². The van der Waals surface area contributed by atoms with Crippen molar-refractivity contribution in [1.82, 2.24) is 5.32 Å². The van der Waals surface area contributed by atoms with Gasteiger partial charge in [-0.25, -0.2) is 0 Å². The number of hydrogen-bond acceptors (Lipinski definition) is 2. The summed E-state index contributed by atoms with van der Waals surface area (Å²) in [6.45, 7) is 13.7. The van der Waals surface area contributed by atoms with Crippen molar-refractivity contribution in [3.63, 3.8) is 0 Å². The Balaban J connectivity index is 2.66. The number of nitrogens with one attached hydrogen (secondary N) is 1. The monoisotopic (exact) mass is 365 g/mol. The smallest absolute Gasteiger partial charge is 0.251 e. The lowest BCUT2D eigenvalue weighted by molar-refractivity contribution is -0.126. The molecule has 0 heterocycles. The molecule has 2 aromatic carbocycles. The van der Waals surface area contributed by atoms with Crippen molar-refractivity contribution in [2.45, 2.75) is 59.9 Å². The molecule has 0 fully saturated rings. The van der Waals surface area contributed by atoms with Crippen LogP contribution in [-0.2, 0) is 4.79 Å². The molecule has 3 heteroatoms.